The van der Waals surface area contributed by atoms with Crippen LogP contribution in [-0.2, 0) is 4.74 Å². The summed E-state index contributed by atoms with van der Waals surface area (Å²) in [5.41, 5.74) is -0.414. The van der Waals surface area contributed by atoms with Gasteiger partial charge in [-0.05, 0) is 65.5 Å². The van der Waals surface area contributed by atoms with E-state index in [0.717, 1.165) is 25.7 Å². The maximum Gasteiger partial charge on any atom is 0.407 e. The summed E-state index contributed by atoms with van der Waals surface area (Å²) in [4.78, 5) is 14.2. The zero-order chi connectivity index (χ0) is 15.2. The van der Waals surface area contributed by atoms with Gasteiger partial charge >= 0.3 is 6.09 Å². The van der Waals surface area contributed by atoms with Crippen molar-refractivity contribution >= 4 is 6.09 Å². The molecule has 0 aromatic carbocycles. The maximum atomic E-state index is 11.6. The van der Waals surface area contributed by atoms with Crippen LogP contribution in [0.1, 0.15) is 60.3 Å². The Kier molecular flexibility index (Phi) is 6.80. The molecule has 4 nitrogen and oxygen atoms in total. The summed E-state index contributed by atoms with van der Waals surface area (Å²) in [7, 11) is 0. The minimum atomic E-state index is -0.414. The van der Waals surface area contributed by atoms with E-state index in [1.54, 1.807) is 0 Å². The van der Waals surface area contributed by atoms with Crippen molar-refractivity contribution in [2.75, 3.05) is 19.6 Å². The lowest BCUT2D eigenvalue weighted by atomic mass is 9.95. The Hall–Kier alpha value is -0.770. The van der Waals surface area contributed by atoms with Gasteiger partial charge in [0.1, 0.15) is 5.60 Å². The topological polar surface area (TPSA) is 41.6 Å². The average molecular weight is 284 g/mol. The molecule has 1 rings (SSSR count). The number of alkyl carbamates (subject to hydrolysis) is 1. The fourth-order valence-corrected chi connectivity index (χ4v) is 2.87. The van der Waals surface area contributed by atoms with Crippen molar-refractivity contribution in [3.05, 3.63) is 0 Å². The van der Waals surface area contributed by atoms with Crippen molar-refractivity contribution in [3.63, 3.8) is 0 Å². The monoisotopic (exact) mass is 284 g/mol. The van der Waals surface area contributed by atoms with Crippen LogP contribution in [0.15, 0.2) is 0 Å². The van der Waals surface area contributed by atoms with Crippen LogP contribution in [-0.4, -0.2) is 42.3 Å². The first kappa shape index (κ1) is 17.3. The second-order valence-electron chi connectivity index (χ2n) is 6.83. The molecular formula is C16H32N2O2. The van der Waals surface area contributed by atoms with Crippen LogP contribution in [0.3, 0.4) is 0 Å². The van der Waals surface area contributed by atoms with Crippen LogP contribution in [0.25, 0.3) is 0 Å². The molecule has 1 saturated heterocycles. The van der Waals surface area contributed by atoms with E-state index in [9.17, 15) is 4.79 Å². The average Bonchev–Trinajstić information content (AvgIpc) is 2.37. The lowest BCUT2D eigenvalue weighted by molar-refractivity contribution is 0.0504. The molecule has 1 heterocycles. The molecule has 1 amide bonds. The molecule has 0 aromatic heterocycles. The van der Waals surface area contributed by atoms with Gasteiger partial charge in [0.25, 0.3) is 0 Å². The third-order valence-electron chi connectivity index (χ3n) is 4.04. The quantitative estimate of drug-likeness (QED) is 0.841. The number of rotatable bonds is 5. The minimum Gasteiger partial charge on any atom is -0.444 e. The second kappa shape index (κ2) is 7.87. The summed E-state index contributed by atoms with van der Waals surface area (Å²) < 4.78 is 5.26. The van der Waals surface area contributed by atoms with Gasteiger partial charge in [-0.25, -0.2) is 4.79 Å². The highest BCUT2D eigenvalue weighted by atomic mass is 16.6. The molecule has 0 aromatic rings. The Bertz CT molecular complexity index is 287. The number of amides is 1. The van der Waals surface area contributed by atoms with Gasteiger partial charge in [0.2, 0.25) is 0 Å². The Balaban J connectivity index is 2.24. The van der Waals surface area contributed by atoms with E-state index in [-0.39, 0.29) is 6.09 Å². The van der Waals surface area contributed by atoms with Crippen LogP contribution >= 0.6 is 0 Å². The normalized spacial score (nSPS) is 18.3. The third kappa shape index (κ3) is 6.12. The first-order valence-corrected chi connectivity index (χ1v) is 8.06. The number of nitrogens with one attached hydrogen (secondary N) is 1. The predicted molar refractivity (Wildman–Crippen MR) is 82.9 cm³/mol. The van der Waals surface area contributed by atoms with E-state index < -0.39 is 5.60 Å². The Labute approximate surface area is 124 Å². The van der Waals surface area contributed by atoms with Crippen molar-refractivity contribution in [2.45, 2.75) is 71.9 Å². The first-order valence-electron chi connectivity index (χ1n) is 8.06. The van der Waals surface area contributed by atoms with Gasteiger partial charge in [0, 0.05) is 12.6 Å². The van der Waals surface area contributed by atoms with E-state index in [4.69, 9.17) is 4.74 Å². The largest absolute Gasteiger partial charge is 0.444 e. The Morgan fingerprint density at radius 3 is 2.25 bits per heavy atom. The molecule has 20 heavy (non-hydrogen) atoms. The lowest BCUT2D eigenvalue weighted by Gasteiger charge is -2.37. The van der Waals surface area contributed by atoms with Crippen molar-refractivity contribution in [2.24, 2.45) is 5.92 Å². The molecule has 0 spiro atoms. The Morgan fingerprint density at radius 2 is 1.80 bits per heavy atom. The van der Waals surface area contributed by atoms with Gasteiger partial charge in [-0.15, -0.1) is 0 Å². The van der Waals surface area contributed by atoms with Crippen LogP contribution in [0.2, 0.25) is 0 Å². The highest BCUT2D eigenvalue weighted by molar-refractivity contribution is 5.67. The van der Waals surface area contributed by atoms with Crippen LogP contribution < -0.4 is 5.32 Å². The van der Waals surface area contributed by atoms with E-state index in [1.807, 2.05) is 20.8 Å². The molecule has 0 saturated carbocycles. The van der Waals surface area contributed by atoms with E-state index in [1.165, 1.54) is 25.7 Å². The van der Waals surface area contributed by atoms with Gasteiger partial charge in [-0.1, -0.05) is 13.8 Å². The molecule has 118 valence electrons. The zero-order valence-corrected chi connectivity index (χ0v) is 13.9. The smallest absolute Gasteiger partial charge is 0.407 e. The fourth-order valence-electron chi connectivity index (χ4n) is 2.87. The van der Waals surface area contributed by atoms with Gasteiger partial charge in [-0.2, -0.15) is 0 Å². The van der Waals surface area contributed by atoms with Crippen molar-refractivity contribution in [1.29, 1.82) is 0 Å². The molecule has 1 fully saturated rings. The molecule has 1 aliphatic rings. The number of carbonyl (C=O) groups excluding carboxylic acids is 1. The minimum absolute atomic E-state index is 0.292. The molecular weight excluding hydrogens is 252 g/mol. The van der Waals surface area contributed by atoms with Gasteiger partial charge in [-0.3, -0.25) is 0 Å². The standard InChI is InChI=1S/C16H32N2O2/c1-6-14(7-2)18-10-8-13(9-11-18)12-17-15(19)20-16(3,4)5/h13-14H,6-12H2,1-5H3,(H,17,19). The molecule has 0 aliphatic carbocycles. The van der Waals surface area contributed by atoms with E-state index >= 15 is 0 Å². The van der Waals surface area contributed by atoms with Crippen molar-refractivity contribution in [1.82, 2.24) is 10.2 Å². The lowest BCUT2D eigenvalue weighted by Crippen LogP contribution is -2.43. The number of carbonyl (C=O) groups is 1. The summed E-state index contributed by atoms with van der Waals surface area (Å²) in [5.74, 6) is 0.591. The summed E-state index contributed by atoms with van der Waals surface area (Å²) in [5, 5.41) is 2.90. The number of hydrogen-bond acceptors (Lipinski definition) is 3. The predicted octanol–water partition coefficient (Wildman–Crippen LogP) is 3.41. The number of nitrogens with zero attached hydrogens (tertiary/aromatic N) is 1. The maximum absolute atomic E-state index is 11.6. The van der Waals surface area contributed by atoms with Crippen LogP contribution in [0, 0.1) is 5.92 Å². The molecule has 0 atom stereocenters. The summed E-state index contributed by atoms with van der Waals surface area (Å²) in [6.45, 7) is 13.3. The number of likely N-dealkylation sites (tertiary alicyclic amines) is 1. The Morgan fingerprint density at radius 1 is 1.25 bits per heavy atom. The van der Waals surface area contributed by atoms with Crippen molar-refractivity contribution in [3.8, 4) is 0 Å². The molecule has 1 aliphatic heterocycles. The first-order chi connectivity index (χ1) is 9.35. The SMILES string of the molecule is CCC(CC)N1CCC(CNC(=O)OC(C)(C)C)CC1. The highest BCUT2D eigenvalue weighted by Crippen LogP contribution is 2.21. The van der Waals surface area contributed by atoms with Crippen molar-refractivity contribution < 1.29 is 9.53 Å². The molecule has 0 radical (unpaired) electrons. The van der Waals surface area contributed by atoms with Gasteiger partial charge < -0.3 is 15.0 Å². The molecule has 0 bridgehead atoms. The summed E-state index contributed by atoms with van der Waals surface area (Å²) in [6.07, 6.45) is 4.52. The van der Waals surface area contributed by atoms with Crippen LogP contribution in [0.5, 0.6) is 0 Å². The van der Waals surface area contributed by atoms with Gasteiger partial charge in [0.15, 0.2) is 0 Å². The second-order valence-corrected chi connectivity index (χ2v) is 6.83. The molecule has 1 N–H and O–H groups in total. The van der Waals surface area contributed by atoms with E-state index in [0.29, 0.717) is 5.92 Å². The summed E-state index contributed by atoms with van der Waals surface area (Å²) in [6, 6.07) is 0.731. The number of hydrogen-bond donors (Lipinski definition) is 1. The molecule has 0 unspecified atom stereocenters. The molecule has 4 heteroatoms. The van der Waals surface area contributed by atoms with Crippen LogP contribution in [0.4, 0.5) is 4.79 Å². The number of ether oxygens (including phenoxy) is 1. The highest BCUT2D eigenvalue weighted by Gasteiger charge is 2.24. The fraction of sp³-hybridized carbons (Fsp3) is 0.938. The van der Waals surface area contributed by atoms with Gasteiger partial charge in [0.05, 0.1) is 0 Å². The van der Waals surface area contributed by atoms with E-state index in [2.05, 4.69) is 24.1 Å². The number of piperidine rings is 1. The third-order valence-corrected chi connectivity index (χ3v) is 4.04. The zero-order valence-electron chi connectivity index (χ0n) is 13.9. The summed E-state index contributed by atoms with van der Waals surface area (Å²) >= 11 is 0.